The van der Waals surface area contributed by atoms with E-state index in [0.717, 1.165) is 48.0 Å². The van der Waals surface area contributed by atoms with E-state index >= 15 is 0 Å². The van der Waals surface area contributed by atoms with E-state index in [4.69, 9.17) is 9.97 Å². The lowest BCUT2D eigenvalue weighted by atomic mass is 9.77. The third-order valence-electron chi connectivity index (χ3n) is 6.76. The number of thiophene rings is 1. The quantitative estimate of drug-likeness (QED) is 0.583. The van der Waals surface area contributed by atoms with Gasteiger partial charge in [0, 0.05) is 22.5 Å². The van der Waals surface area contributed by atoms with Gasteiger partial charge in [-0.15, -0.1) is 11.3 Å². The Morgan fingerprint density at radius 1 is 1.29 bits per heavy atom. The second kappa shape index (κ2) is 7.30. The van der Waals surface area contributed by atoms with E-state index in [9.17, 15) is 14.0 Å². The van der Waals surface area contributed by atoms with E-state index in [2.05, 4.69) is 10.2 Å². The predicted molar refractivity (Wildman–Crippen MR) is 121 cm³/mol. The molecule has 0 bridgehead atoms. The summed E-state index contributed by atoms with van der Waals surface area (Å²) >= 11 is 0.595. The maximum Gasteiger partial charge on any atom is 0.228 e. The fraction of sp³-hybridized carbons (Fsp3) is 0.455. The van der Waals surface area contributed by atoms with E-state index in [1.165, 1.54) is 16.5 Å². The Hall–Kier alpha value is -1.94. The lowest BCUT2D eigenvalue weighted by Crippen LogP contribution is -2.49. The van der Waals surface area contributed by atoms with Gasteiger partial charge in [-0.3, -0.25) is 0 Å². The maximum absolute atomic E-state index is 13.8. The fourth-order valence-corrected chi connectivity index (χ4v) is 7.39. The molecule has 1 saturated carbocycles. The molecule has 0 unspecified atom stereocenters. The van der Waals surface area contributed by atoms with Crippen molar-refractivity contribution in [2.75, 3.05) is 29.1 Å². The van der Waals surface area contributed by atoms with Crippen LogP contribution in [0.25, 0.3) is 10.1 Å². The number of nitrogens with zero attached hydrogens (tertiary/aromatic N) is 3. The molecule has 2 aliphatic heterocycles. The molecule has 1 aliphatic carbocycles. The van der Waals surface area contributed by atoms with Crippen molar-refractivity contribution in [3.63, 3.8) is 0 Å². The zero-order valence-electron chi connectivity index (χ0n) is 17.0. The summed E-state index contributed by atoms with van der Waals surface area (Å²) < 4.78 is 27.5. The van der Waals surface area contributed by atoms with Gasteiger partial charge in [0.1, 0.15) is 17.3 Å². The van der Waals surface area contributed by atoms with Crippen molar-refractivity contribution in [3.05, 3.63) is 40.2 Å². The number of nitrogens with one attached hydrogen (secondary N) is 1. The first-order valence-corrected chi connectivity index (χ1v) is 12.8. The standard InChI is InChI=1S/C22H23FN4O2S2/c23-13-2-3-17-15(10-13)14-4-8-27(11-18(14)30-17)21-24-16-5-9-31(29)19(16)20(25-21)26-22(12-28)6-1-7-22/h2-3,10,28H,1,4-9,11-12H2,(H,24,25,26)/t31-/m1/s1. The molecule has 2 N–H and O–H groups in total. The molecular formula is C22H23FN4O2S2. The first-order chi connectivity index (χ1) is 15.0. The van der Waals surface area contributed by atoms with Crippen molar-refractivity contribution in [3.8, 4) is 0 Å². The summed E-state index contributed by atoms with van der Waals surface area (Å²) in [7, 11) is 0. The Morgan fingerprint density at radius 2 is 2.16 bits per heavy atom. The zero-order chi connectivity index (χ0) is 21.2. The highest BCUT2D eigenvalue weighted by Gasteiger charge is 2.41. The average molecular weight is 459 g/mol. The summed E-state index contributed by atoms with van der Waals surface area (Å²) in [5, 5.41) is 14.4. The van der Waals surface area contributed by atoms with Crippen LogP contribution in [0, 0.1) is 5.82 Å². The molecule has 3 aliphatic rings. The Morgan fingerprint density at radius 3 is 2.94 bits per heavy atom. The number of hydrogen-bond donors (Lipinski definition) is 2. The Balaban J connectivity index is 1.36. The molecule has 31 heavy (non-hydrogen) atoms. The molecule has 162 valence electrons. The molecule has 0 spiro atoms. The van der Waals surface area contributed by atoms with E-state index in [1.807, 2.05) is 6.07 Å². The maximum atomic E-state index is 13.8. The molecule has 1 aromatic carbocycles. The smallest absolute Gasteiger partial charge is 0.228 e. The van der Waals surface area contributed by atoms with Crippen molar-refractivity contribution in [2.45, 2.75) is 49.1 Å². The highest BCUT2D eigenvalue weighted by Crippen LogP contribution is 2.40. The van der Waals surface area contributed by atoms with Crippen LogP contribution in [-0.2, 0) is 30.6 Å². The molecular weight excluding hydrogens is 435 g/mol. The summed E-state index contributed by atoms with van der Waals surface area (Å²) in [5.41, 5.74) is 1.71. The molecule has 4 heterocycles. The molecule has 2 aromatic heterocycles. The van der Waals surface area contributed by atoms with Crippen LogP contribution in [-0.4, -0.2) is 44.1 Å². The summed E-state index contributed by atoms with van der Waals surface area (Å²) in [5.74, 6) is 1.63. The first-order valence-electron chi connectivity index (χ1n) is 10.7. The number of rotatable bonds is 4. The monoisotopic (exact) mass is 458 g/mol. The number of halogens is 1. The van der Waals surface area contributed by atoms with E-state index < -0.39 is 11.2 Å². The van der Waals surface area contributed by atoms with E-state index in [1.54, 1.807) is 17.4 Å². The van der Waals surface area contributed by atoms with Crippen LogP contribution in [0.5, 0.6) is 0 Å². The lowest BCUT2D eigenvalue weighted by molar-refractivity contribution is 0.143. The van der Waals surface area contributed by atoms with Crippen LogP contribution in [0.1, 0.15) is 35.4 Å². The van der Waals surface area contributed by atoms with E-state index in [0.29, 0.717) is 35.4 Å². The molecule has 3 aromatic rings. The number of aromatic nitrogens is 2. The summed E-state index contributed by atoms with van der Waals surface area (Å²) in [6.45, 7) is 1.48. The van der Waals surface area contributed by atoms with Crippen molar-refractivity contribution in [1.82, 2.24) is 9.97 Å². The number of fused-ring (bicyclic) bond motifs is 4. The van der Waals surface area contributed by atoms with Crippen LogP contribution in [0.2, 0.25) is 0 Å². The molecule has 6 rings (SSSR count). The average Bonchev–Trinajstić information content (AvgIpc) is 3.30. The van der Waals surface area contributed by atoms with Gasteiger partial charge in [-0.2, -0.15) is 4.98 Å². The lowest BCUT2D eigenvalue weighted by Gasteiger charge is -2.41. The second-order valence-electron chi connectivity index (χ2n) is 8.68. The summed E-state index contributed by atoms with van der Waals surface area (Å²) in [6, 6.07) is 5.01. The minimum Gasteiger partial charge on any atom is -0.611 e. The second-order valence-corrected chi connectivity index (χ2v) is 11.3. The minimum absolute atomic E-state index is 0.0408. The molecule has 9 heteroatoms. The van der Waals surface area contributed by atoms with Crippen LogP contribution in [0.3, 0.4) is 0 Å². The summed E-state index contributed by atoms with van der Waals surface area (Å²) in [4.78, 5) is 13.7. The third-order valence-corrected chi connectivity index (χ3v) is 9.42. The topological polar surface area (TPSA) is 84.3 Å². The van der Waals surface area contributed by atoms with Gasteiger partial charge >= 0.3 is 0 Å². The number of aryl methyl sites for hydroxylation is 1. The van der Waals surface area contributed by atoms with Gasteiger partial charge in [0.15, 0.2) is 5.82 Å². The van der Waals surface area contributed by atoms with Gasteiger partial charge in [0.25, 0.3) is 0 Å². The molecule has 1 fully saturated rings. The summed E-state index contributed by atoms with van der Waals surface area (Å²) in [6.07, 6.45) is 4.33. The van der Waals surface area contributed by atoms with Crippen molar-refractivity contribution >= 4 is 44.4 Å². The highest BCUT2D eigenvalue weighted by molar-refractivity contribution is 7.91. The molecule has 0 saturated heterocycles. The van der Waals surface area contributed by atoms with Crippen molar-refractivity contribution < 1.29 is 14.0 Å². The Labute approximate surface area is 186 Å². The van der Waals surface area contributed by atoms with Gasteiger partial charge in [-0.1, -0.05) is 0 Å². The van der Waals surface area contributed by atoms with Crippen LogP contribution < -0.4 is 10.2 Å². The van der Waals surface area contributed by atoms with Crippen molar-refractivity contribution in [2.24, 2.45) is 0 Å². The van der Waals surface area contributed by atoms with Crippen LogP contribution >= 0.6 is 11.3 Å². The molecule has 0 amide bonds. The fourth-order valence-electron chi connectivity index (χ4n) is 4.83. The normalized spacial score (nSPS) is 21.6. The number of aliphatic hydroxyl groups excluding tert-OH is 1. The third kappa shape index (κ3) is 3.21. The van der Waals surface area contributed by atoms with Crippen LogP contribution in [0.4, 0.5) is 16.2 Å². The first kappa shape index (κ1) is 19.7. The van der Waals surface area contributed by atoms with Gasteiger partial charge in [0.2, 0.25) is 10.8 Å². The van der Waals surface area contributed by atoms with Crippen molar-refractivity contribution in [1.29, 1.82) is 0 Å². The molecule has 0 radical (unpaired) electrons. The van der Waals surface area contributed by atoms with Gasteiger partial charge < -0.3 is 19.9 Å². The van der Waals surface area contributed by atoms with Crippen LogP contribution in [0.15, 0.2) is 23.1 Å². The Kier molecular flexibility index (Phi) is 4.64. The zero-order valence-corrected chi connectivity index (χ0v) is 18.6. The highest BCUT2D eigenvalue weighted by atomic mass is 32.2. The Bertz CT molecular complexity index is 1170. The van der Waals surface area contributed by atoms with E-state index in [-0.39, 0.29) is 18.0 Å². The number of hydrogen-bond acceptors (Lipinski definition) is 7. The minimum atomic E-state index is -1.11. The van der Waals surface area contributed by atoms with Gasteiger partial charge in [-0.25, -0.2) is 9.37 Å². The number of aliphatic hydroxyl groups is 1. The number of anilines is 2. The number of benzene rings is 1. The van der Waals surface area contributed by atoms with Gasteiger partial charge in [-0.05, 0) is 66.0 Å². The SMILES string of the molecule is [O-][S@+]1CCc2nc(N3CCc4c(sc5ccc(F)cc45)C3)nc(NC3(CO)CCC3)c21. The molecule has 6 nitrogen and oxygen atoms in total. The molecule has 1 atom stereocenters. The largest absolute Gasteiger partial charge is 0.611 e. The predicted octanol–water partition coefficient (Wildman–Crippen LogP) is 3.38. The van der Waals surface area contributed by atoms with Gasteiger partial charge in [0.05, 0.1) is 18.7 Å².